The molecule has 0 unspecified atom stereocenters. The second kappa shape index (κ2) is 5.51. The van der Waals surface area contributed by atoms with Crippen LogP contribution in [0.2, 0.25) is 0 Å². The summed E-state index contributed by atoms with van der Waals surface area (Å²) in [5.74, 6) is 0. The smallest absolute Gasteiger partial charge is 0.0701 e. The second-order valence-electron chi connectivity index (χ2n) is 2.45. The third-order valence-electron chi connectivity index (χ3n) is 1.47. The molecule has 1 heterocycles. The fraction of sp³-hybridized carbons (Fsp3) is 0.333. The lowest BCUT2D eigenvalue weighted by molar-refractivity contribution is 0.750. The van der Waals surface area contributed by atoms with E-state index in [1.54, 1.807) is 11.3 Å². The Bertz CT molecular complexity index is 244. The molecular weight excluding hydrogens is 234 g/mol. The fourth-order valence-electron chi connectivity index (χ4n) is 0.902. The van der Waals surface area contributed by atoms with Crippen molar-refractivity contribution >= 4 is 27.3 Å². The first kappa shape index (κ1) is 9.96. The average molecular weight is 246 g/mol. The Morgan fingerprint density at radius 1 is 1.58 bits per heavy atom. The lowest BCUT2D eigenvalue weighted by Gasteiger charge is -1.97. The number of thiophene rings is 1. The summed E-state index contributed by atoms with van der Waals surface area (Å²) in [6.07, 6.45) is 2.98. The maximum atomic E-state index is 3.64. The van der Waals surface area contributed by atoms with Crippen molar-refractivity contribution in [3.05, 3.63) is 33.5 Å². The molecule has 0 radical (unpaired) electrons. The average Bonchev–Trinajstić information content (AvgIpc) is 2.45. The van der Waals surface area contributed by atoms with Crippen LogP contribution in [-0.4, -0.2) is 13.1 Å². The first-order valence-corrected chi connectivity index (χ1v) is 5.49. The van der Waals surface area contributed by atoms with E-state index in [4.69, 9.17) is 0 Å². The van der Waals surface area contributed by atoms with Crippen LogP contribution in [0, 0.1) is 0 Å². The van der Waals surface area contributed by atoms with Gasteiger partial charge >= 0.3 is 0 Å². The lowest BCUT2D eigenvalue weighted by Crippen LogP contribution is -2.16. The van der Waals surface area contributed by atoms with Crippen molar-refractivity contribution in [1.82, 2.24) is 5.32 Å². The van der Waals surface area contributed by atoms with Crippen molar-refractivity contribution in [1.29, 1.82) is 0 Å². The Morgan fingerprint density at radius 2 is 2.42 bits per heavy atom. The largest absolute Gasteiger partial charge is 0.313 e. The maximum absolute atomic E-state index is 3.64. The minimum Gasteiger partial charge on any atom is -0.313 e. The Kier molecular flexibility index (Phi) is 4.58. The van der Waals surface area contributed by atoms with Gasteiger partial charge in [-0.1, -0.05) is 6.08 Å². The Balaban J connectivity index is 2.19. The van der Waals surface area contributed by atoms with E-state index in [2.05, 4.69) is 40.0 Å². The van der Waals surface area contributed by atoms with E-state index in [0.717, 1.165) is 19.5 Å². The van der Waals surface area contributed by atoms with Crippen LogP contribution in [0.1, 0.15) is 4.88 Å². The van der Waals surface area contributed by atoms with Crippen LogP contribution in [0.4, 0.5) is 0 Å². The van der Waals surface area contributed by atoms with Crippen molar-refractivity contribution in [2.75, 3.05) is 13.1 Å². The van der Waals surface area contributed by atoms with E-state index in [1.807, 2.05) is 6.08 Å². The van der Waals surface area contributed by atoms with Crippen LogP contribution in [0.15, 0.2) is 28.6 Å². The molecule has 0 aliphatic rings. The van der Waals surface area contributed by atoms with Crippen molar-refractivity contribution in [3.8, 4) is 0 Å². The molecule has 1 rings (SSSR count). The van der Waals surface area contributed by atoms with Gasteiger partial charge in [0, 0.05) is 18.0 Å². The van der Waals surface area contributed by atoms with Gasteiger partial charge in [-0.15, -0.1) is 17.9 Å². The third-order valence-corrected chi connectivity index (χ3v) is 3.15. The fourth-order valence-corrected chi connectivity index (χ4v) is 2.38. The molecule has 1 aromatic heterocycles. The molecule has 0 fully saturated rings. The summed E-state index contributed by atoms with van der Waals surface area (Å²) >= 11 is 5.23. The Hall–Kier alpha value is -0.120. The van der Waals surface area contributed by atoms with E-state index in [9.17, 15) is 0 Å². The maximum Gasteiger partial charge on any atom is 0.0701 e. The van der Waals surface area contributed by atoms with Crippen molar-refractivity contribution in [3.63, 3.8) is 0 Å². The second-order valence-corrected chi connectivity index (χ2v) is 5.00. The van der Waals surface area contributed by atoms with Gasteiger partial charge in [0.15, 0.2) is 0 Å². The molecule has 0 saturated carbocycles. The molecule has 0 aliphatic heterocycles. The van der Waals surface area contributed by atoms with Gasteiger partial charge in [-0.05, 0) is 34.5 Å². The lowest BCUT2D eigenvalue weighted by atomic mass is 10.3. The SMILES string of the molecule is C=CCNCCc1ccc(Br)s1. The van der Waals surface area contributed by atoms with Crippen LogP contribution >= 0.6 is 27.3 Å². The van der Waals surface area contributed by atoms with E-state index in [0.29, 0.717) is 0 Å². The normalized spacial score (nSPS) is 10.1. The van der Waals surface area contributed by atoms with Crippen LogP contribution < -0.4 is 5.32 Å². The van der Waals surface area contributed by atoms with Gasteiger partial charge in [0.25, 0.3) is 0 Å². The molecule has 0 saturated heterocycles. The Morgan fingerprint density at radius 3 is 3.00 bits per heavy atom. The molecule has 0 aromatic carbocycles. The van der Waals surface area contributed by atoms with Gasteiger partial charge < -0.3 is 5.32 Å². The van der Waals surface area contributed by atoms with E-state index >= 15 is 0 Å². The van der Waals surface area contributed by atoms with Gasteiger partial charge in [0.2, 0.25) is 0 Å². The van der Waals surface area contributed by atoms with Crippen LogP contribution in [0.3, 0.4) is 0 Å². The first-order valence-electron chi connectivity index (χ1n) is 3.89. The first-order chi connectivity index (χ1) is 5.83. The minimum atomic E-state index is 0.895. The molecule has 1 N–H and O–H groups in total. The summed E-state index contributed by atoms with van der Waals surface area (Å²) in [6, 6.07) is 4.25. The molecule has 12 heavy (non-hydrogen) atoms. The van der Waals surface area contributed by atoms with E-state index in [-0.39, 0.29) is 0 Å². The summed E-state index contributed by atoms with van der Waals surface area (Å²) in [4.78, 5) is 1.42. The van der Waals surface area contributed by atoms with Gasteiger partial charge in [0.05, 0.1) is 3.79 Å². The number of hydrogen-bond acceptors (Lipinski definition) is 2. The molecule has 3 heteroatoms. The van der Waals surface area contributed by atoms with Gasteiger partial charge in [-0.2, -0.15) is 0 Å². The Labute approximate surface area is 85.6 Å². The van der Waals surface area contributed by atoms with E-state index < -0.39 is 0 Å². The molecule has 0 atom stereocenters. The summed E-state index contributed by atoms with van der Waals surface area (Å²) in [5, 5.41) is 3.27. The summed E-state index contributed by atoms with van der Waals surface area (Å²) in [7, 11) is 0. The standard InChI is InChI=1S/C9H12BrNS/c1-2-6-11-7-5-8-3-4-9(10)12-8/h2-4,11H,1,5-7H2. The topological polar surface area (TPSA) is 12.0 Å². The zero-order valence-corrected chi connectivity index (χ0v) is 9.25. The molecule has 1 aromatic rings. The minimum absolute atomic E-state index is 0.895. The molecule has 1 nitrogen and oxygen atoms in total. The monoisotopic (exact) mass is 245 g/mol. The zero-order chi connectivity index (χ0) is 8.81. The van der Waals surface area contributed by atoms with Gasteiger partial charge in [-0.25, -0.2) is 0 Å². The molecule has 0 spiro atoms. The molecule has 0 amide bonds. The molecule has 66 valence electrons. The van der Waals surface area contributed by atoms with Gasteiger partial charge in [-0.3, -0.25) is 0 Å². The highest BCUT2D eigenvalue weighted by atomic mass is 79.9. The van der Waals surface area contributed by atoms with Crippen molar-refractivity contribution in [2.24, 2.45) is 0 Å². The quantitative estimate of drug-likeness (QED) is 0.622. The molecule has 0 bridgehead atoms. The van der Waals surface area contributed by atoms with Crippen LogP contribution in [0.5, 0.6) is 0 Å². The molecule has 0 aliphatic carbocycles. The predicted octanol–water partition coefficient (Wildman–Crippen LogP) is 2.83. The number of halogens is 1. The third kappa shape index (κ3) is 3.52. The van der Waals surface area contributed by atoms with Crippen molar-refractivity contribution < 1.29 is 0 Å². The summed E-state index contributed by atoms with van der Waals surface area (Å²) in [6.45, 7) is 5.56. The van der Waals surface area contributed by atoms with E-state index in [1.165, 1.54) is 8.66 Å². The predicted molar refractivity (Wildman–Crippen MR) is 58.8 cm³/mol. The highest BCUT2D eigenvalue weighted by Gasteiger charge is 1.95. The summed E-state index contributed by atoms with van der Waals surface area (Å²) in [5.41, 5.74) is 0. The highest BCUT2D eigenvalue weighted by molar-refractivity contribution is 9.11. The van der Waals surface area contributed by atoms with Gasteiger partial charge in [0.1, 0.15) is 0 Å². The summed E-state index contributed by atoms with van der Waals surface area (Å²) < 4.78 is 1.21. The number of hydrogen-bond donors (Lipinski definition) is 1. The number of nitrogens with one attached hydrogen (secondary N) is 1. The number of rotatable bonds is 5. The van der Waals surface area contributed by atoms with Crippen molar-refractivity contribution in [2.45, 2.75) is 6.42 Å². The molecular formula is C9H12BrNS. The zero-order valence-electron chi connectivity index (χ0n) is 6.85. The van der Waals surface area contributed by atoms with Crippen LogP contribution in [-0.2, 0) is 6.42 Å². The highest BCUT2D eigenvalue weighted by Crippen LogP contribution is 2.21. The van der Waals surface area contributed by atoms with Crippen LogP contribution in [0.25, 0.3) is 0 Å².